The van der Waals surface area contributed by atoms with Crippen LogP contribution in [0.15, 0.2) is 59.8 Å². The number of aliphatic imine (C=N–C) groups is 1. The Morgan fingerprint density at radius 3 is 2.47 bits per heavy atom. The van der Waals surface area contributed by atoms with Gasteiger partial charge in [-0.15, -0.1) is 0 Å². The van der Waals surface area contributed by atoms with Crippen molar-refractivity contribution >= 4 is 6.21 Å². The molecule has 19 heavy (non-hydrogen) atoms. The number of aryl methyl sites for hydroxylation is 1. The van der Waals surface area contributed by atoms with Crippen molar-refractivity contribution in [1.29, 1.82) is 0 Å². The first kappa shape index (κ1) is 15.4. The van der Waals surface area contributed by atoms with Crippen molar-refractivity contribution in [2.45, 2.75) is 45.4 Å². The third-order valence-corrected chi connectivity index (χ3v) is 2.83. The summed E-state index contributed by atoms with van der Waals surface area (Å²) in [7, 11) is 0. The highest BCUT2D eigenvalue weighted by Gasteiger charge is 1.87. The van der Waals surface area contributed by atoms with Gasteiger partial charge in [-0.05, 0) is 44.1 Å². The van der Waals surface area contributed by atoms with Crippen LogP contribution in [-0.2, 0) is 6.42 Å². The van der Waals surface area contributed by atoms with Crippen LogP contribution in [0.2, 0.25) is 0 Å². The summed E-state index contributed by atoms with van der Waals surface area (Å²) in [5.74, 6) is 0. The van der Waals surface area contributed by atoms with Gasteiger partial charge in [0.1, 0.15) is 0 Å². The van der Waals surface area contributed by atoms with Crippen LogP contribution in [0, 0.1) is 0 Å². The lowest BCUT2D eigenvalue weighted by atomic mass is 10.1. The Morgan fingerprint density at radius 1 is 0.947 bits per heavy atom. The molecule has 0 saturated carbocycles. The van der Waals surface area contributed by atoms with Crippen molar-refractivity contribution < 1.29 is 0 Å². The molecule has 0 fully saturated rings. The largest absolute Gasteiger partial charge is 0.269 e. The molecule has 0 saturated heterocycles. The van der Waals surface area contributed by atoms with Gasteiger partial charge in [0, 0.05) is 12.4 Å². The van der Waals surface area contributed by atoms with Gasteiger partial charge in [0.2, 0.25) is 0 Å². The molecule has 0 unspecified atom stereocenters. The number of benzene rings is 1. The van der Waals surface area contributed by atoms with Crippen molar-refractivity contribution in [3.05, 3.63) is 60.3 Å². The zero-order valence-corrected chi connectivity index (χ0v) is 12.0. The van der Waals surface area contributed by atoms with E-state index in [9.17, 15) is 0 Å². The van der Waals surface area contributed by atoms with Crippen LogP contribution >= 0.6 is 0 Å². The SMILES string of the molecule is CC/C=N/C=C/CCC/C=C/CCc1ccccc1. The van der Waals surface area contributed by atoms with Gasteiger partial charge in [-0.25, -0.2) is 0 Å². The minimum absolute atomic E-state index is 1.01. The predicted octanol–water partition coefficient (Wildman–Crippen LogP) is 5.34. The summed E-state index contributed by atoms with van der Waals surface area (Å²) in [6.45, 7) is 2.09. The number of unbranched alkanes of at least 4 members (excludes halogenated alkanes) is 2. The summed E-state index contributed by atoms with van der Waals surface area (Å²) in [6.07, 6.45) is 17.4. The smallest absolute Gasteiger partial charge is 0.0223 e. The van der Waals surface area contributed by atoms with Gasteiger partial charge >= 0.3 is 0 Å². The maximum atomic E-state index is 4.15. The number of nitrogens with zero attached hydrogens (tertiary/aromatic N) is 1. The molecule has 0 aromatic heterocycles. The van der Waals surface area contributed by atoms with Crippen molar-refractivity contribution in [3.63, 3.8) is 0 Å². The van der Waals surface area contributed by atoms with Gasteiger partial charge in [-0.2, -0.15) is 0 Å². The van der Waals surface area contributed by atoms with Gasteiger partial charge < -0.3 is 0 Å². The zero-order chi connectivity index (χ0) is 13.6. The number of allylic oxidation sites excluding steroid dienone is 3. The van der Waals surface area contributed by atoms with E-state index in [0.29, 0.717) is 0 Å². The van der Waals surface area contributed by atoms with Gasteiger partial charge in [0.15, 0.2) is 0 Å². The highest BCUT2D eigenvalue weighted by molar-refractivity contribution is 5.57. The van der Waals surface area contributed by atoms with Crippen LogP contribution in [0.25, 0.3) is 0 Å². The molecule has 1 aromatic rings. The molecule has 0 aliphatic rings. The molecule has 0 aliphatic heterocycles. The molecule has 1 aromatic carbocycles. The summed E-state index contributed by atoms with van der Waals surface area (Å²) >= 11 is 0. The fourth-order valence-electron chi connectivity index (χ4n) is 1.79. The highest BCUT2D eigenvalue weighted by atomic mass is 14.7. The fraction of sp³-hybridized carbons (Fsp3) is 0.389. The Balaban J connectivity index is 1.99. The van der Waals surface area contributed by atoms with Crippen molar-refractivity contribution in [3.8, 4) is 0 Å². The van der Waals surface area contributed by atoms with Crippen molar-refractivity contribution in [1.82, 2.24) is 0 Å². The molecule has 0 radical (unpaired) electrons. The topological polar surface area (TPSA) is 12.4 Å². The lowest BCUT2D eigenvalue weighted by Crippen LogP contribution is -1.81. The van der Waals surface area contributed by atoms with E-state index >= 15 is 0 Å². The Labute approximate surface area is 117 Å². The van der Waals surface area contributed by atoms with Crippen LogP contribution in [0.4, 0.5) is 0 Å². The first-order valence-electron chi connectivity index (χ1n) is 7.29. The predicted molar refractivity (Wildman–Crippen MR) is 85.7 cm³/mol. The second-order valence-electron chi connectivity index (χ2n) is 4.55. The van der Waals surface area contributed by atoms with Gasteiger partial charge in [0.05, 0.1) is 0 Å². The second kappa shape index (κ2) is 11.5. The lowest BCUT2D eigenvalue weighted by molar-refractivity contribution is 0.860. The highest BCUT2D eigenvalue weighted by Crippen LogP contribution is 2.04. The molecule has 0 bridgehead atoms. The fourth-order valence-corrected chi connectivity index (χ4v) is 1.79. The molecule has 0 heterocycles. The van der Waals surface area contributed by atoms with Crippen molar-refractivity contribution in [2.24, 2.45) is 4.99 Å². The third-order valence-electron chi connectivity index (χ3n) is 2.83. The summed E-state index contributed by atoms with van der Waals surface area (Å²) in [4.78, 5) is 4.15. The van der Waals surface area contributed by atoms with E-state index in [1.54, 1.807) is 0 Å². The lowest BCUT2D eigenvalue weighted by Gasteiger charge is -1.96. The van der Waals surface area contributed by atoms with Gasteiger partial charge in [0.25, 0.3) is 0 Å². The molecular weight excluding hydrogens is 230 g/mol. The number of hydrogen-bond donors (Lipinski definition) is 0. The monoisotopic (exact) mass is 255 g/mol. The maximum Gasteiger partial charge on any atom is 0.0223 e. The van der Waals surface area contributed by atoms with Crippen LogP contribution in [0.3, 0.4) is 0 Å². The Morgan fingerprint density at radius 2 is 1.68 bits per heavy atom. The molecule has 1 nitrogen and oxygen atoms in total. The summed E-state index contributed by atoms with van der Waals surface area (Å²) < 4.78 is 0. The van der Waals surface area contributed by atoms with Crippen LogP contribution in [0.5, 0.6) is 0 Å². The summed E-state index contributed by atoms with van der Waals surface area (Å²) in [6, 6.07) is 10.7. The zero-order valence-electron chi connectivity index (χ0n) is 12.0. The minimum atomic E-state index is 1.01. The molecule has 0 atom stereocenters. The van der Waals surface area contributed by atoms with Crippen molar-refractivity contribution in [2.75, 3.05) is 0 Å². The minimum Gasteiger partial charge on any atom is -0.269 e. The molecular formula is C18H25N. The first-order chi connectivity index (χ1) is 9.43. The standard InChI is InChI=1S/C18H25N/c1-2-16-19-17-12-7-5-3-4-6-9-13-18-14-10-8-11-15-18/h4,6,8,10-12,14-17H,2-3,5,7,9,13H2,1H3/b6-4+,17-12+,19-16+. The van der Waals surface area contributed by atoms with E-state index < -0.39 is 0 Å². The average Bonchev–Trinajstić information content (AvgIpc) is 2.46. The summed E-state index contributed by atoms with van der Waals surface area (Å²) in [5.41, 5.74) is 1.42. The van der Waals surface area contributed by atoms with E-state index in [-0.39, 0.29) is 0 Å². The Bertz CT molecular complexity index is 387. The third kappa shape index (κ3) is 9.01. The van der Waals surface area contributed by atoms with Gasteiger partial charge in [-0.3, -0.25) is 4.99 Å². The molecule has 0 amide bonds. The van der Waals surface area contributed by atoms with Crippen LogP contribution in [-0.4, -0.2) is 6.21 Å². The van der Waals surface area contributed by atoms with E-state index in [1.165, 1.54) is 12.0 Å². The normalized spacial score (nSPS) is 12.1. The van der Waals surface area contributed by atoms with Crippen LogP contribution in [0.1, 0.15) is 44.6 Å². The molecule has 0 N–H and O–H groups in total. The molecule has 1 heteroatoms. The second-order valence-corrected chi connectivity index (χ2v) is 4.55. The van der Waals surface area contributed by atoms with Crippen LogP contribution < -0.4 is 0 Å². The van der Waals surface area contributed by atoms with E-state index in [2.05, 4.69) is 60.5 Å². The molecule has 0 aliphatic carbocycles. The van der Waals surface area contributed by atoms with E-state index in [0.717, 1.165) is 32.1 Å². The maximum absolute atomic E-state index is 4.15. The van der Waals surface area contributed by atoms with E-state index in [1.807, 2.05) is 12.4 Å². The van der Waals surface area contributed by atoms with Gasteiger partial charge in [-0.1, -0.05) is 55.5 Å². The molecule has 102 valence electrons. The molecule has 0 spiro atoms. The Hall–Kier alpha value is -1.63. The molecule has 1 rings (SSSR count). The van der Waals surface area contributed by atoms with E-state index in [4.69, 9.17) is 0 Å². The number of hydrogen-bond acceptors (Lipinski definition) is 1. The summed E-state index contributed by atoms with van der Waals surface area (Å²) in [5, 5.41) is 0. The Kier molecular flexibility index (Phi) is 9.31. The average molecular weight is 255 g/mol. The number of rotatable bonds is 9. The first-order valence-corrected chi connectivity index (χ1v) is 7.29. The quantitative estimate of drug-likeness (QED) is 0.321.